The highest BCUT2D eigenvalue weighted by atomic mass is 16.5. The van der Waals surface area contributed by atoms with Gasteiger partial charge in [0.2, 0.25) is 5.95 Å². The van der Waals surface area contributed by atoms with Crippen molar-refractivity contribution in [3.05, 3.63) is 42.6 Å². The van der Waals surface area contributed by atoms with E-state index in [0.717, 1.165) is 48.4 Å². The molecule has 6 heteroatoms. The molecule has 6 nitrogen and oxygen atoms in total. The third-order valence-corrected chi connectivity index (χ3v) is 4.72. The van der Waals surface area contributed by atoms with Crippen molar-refractivity contribution in [3.63, 3.8) is 0 Å². The number of esters is 1. The first-order valence-electron chi connectivity index (χ1n) is 8.98. The summed E-state index contributed by atoms with van der Waals surface area (Å²) in [5, 5.41) is 1.05. The zero-order chi connectivity index (χ0) is 17.9. The number of benzene rings is 1. The average molecular weight is 351 g/mol. The van der Waals surface area contributed by atoms with Crippen LogP contribution in [0, 0.1) is 5.92 Å². The Labute approximate surface area is 151 Å². The van der Waals surface area contributed by atoms with Crippen molar-refractivity contribution in [1.82, 2.24) is 9.97 Å². The molecule has 1 fully saturated rings. The Morgan fingerprint density at radius 3 is 2.85 bits per heavy atom. The second kappa shape index (κ2) is 7.15. The van der Waals surface area contributed by atoms with Gasteiger partial charge in [0.25, 0.3) is 0 Å². The van der Waals surface area contributed by atoms with Crippen molar-refractivity contribution in [2.75, 3.05) is 24.6 Å². The molecule has 0 N–H and O–H groups in total. The summed E-state index contributed by atoms with van der Waals surface area (Å²) in [6.07, 6.45) is 3.27. The van der Waals surface area contributed by atoms with Crippen molar-refractivity contribution in [3.8, 4) is 11.5 Å². The van der Waals surface area contributed by atoms with Gasteiger partial charge in [0.05, 0.1) is 12.5 Å². The molecule has 0 bridgehead atoms. The van der Waals surface area contributed by atoms with Gasteiger partial charge in [-0.1, -0.05) is 18.2 Å². The molecule has 4 rings (SSSR count). The Balaban J connectivity index is 1.51. The summed E-state index contributed by atoms with van der Waals surface area (Å²) in [5.41, 5.74) is 1.61. The smallest absolute Gasteiger partial charge is 0.309 e. The highest BCUT2D eigenvalue weighted by Crippen LogP contribution is 2.28. The second-order valence-electron chi connectivity index (χ2n) is 6.40. The number of aromatic nitrogens is 2. The lowest BCUT2D eigenvalue weighted by molar-refractivity contribution is -0.148. The van der Waals surface area contributed by atoms with Gasteiger partial charge >= 0.3 is 5.97 Å². The molecule has 3 heterocycles. The topological polar surface area (TPSA) is 68.5 Å². The van der Waals surface area contributed by atoms with Crippen molar-refractivity contribution in [2.45, 2.75) is 19.8 Å². The predicted octanol–water partition coefficient (Wildman–Crippen LogP) is 3.67. The molecule has 2 aromatic heterocycles. The van der Waals surface area contributed by atoms with Crippen LogP contribution >= 0.6 is 0 Å². The van der Waals surface area contributed by atoms with Crippen molar-refractivity contribution < 1.29 is 13.9 Å². The maximum Gasteiger partial charge on any atom is 0.309 e. The van der Waals surface area contributed by atoms with Crippen molar-refractivity contribution >= 4 is 22.9 Å². The first kappa shape index (κ1) is 16.6. The SMILES string of the molecule is CCOC(=O)C1CCN(c2nccc(-c3cc4ccccc4o3)n2)CC1. The van der Waals surface area contributed by atoms with Crippen LogP contribution in [0.15, 0.2) is 47.0 Å². The summed E-state index contributed by atoms with van der Waals surface area (Å²) in [6, 6.07) is 11.8. The highest BCUT2D eigenvalue weighted by molar-refractivity contribution is 5.82. The van der Waals surface area contributed by atoms with Gasteiger partial charge in [-0.25, -0.2) is 9.97 Å². The van der Waals surface area contributed by atoms with Crippen LogP contribution in [0.1, 0.15) is 19.8 Å². The van der Waals surface area contributed by atoms with Gasteiger partial charge in [-0.3, -0.25) is 4.79 Å². The molecule has 0 spiro atoms. The largest absolute Gasteiger partial charge is 0.466 e. The molecule has 0 unspecified atom stereocenters. The number of furan rings is 1. The fourth-order valence-corrected chi connectivity index (χ4v) is 3.32. The lowest BCUT2D eigenvalue weighted by Gasteiger charge is -2.30. The minimum atomic E-state index is -0.0934. The summed E-state index contributed by atoms with van der Waals surface area (Å²) >= 11 is 0. The van der Waals surface area contributed by atoms with E-state index in [4.69, 9.17) is 9.15 Å². The number of ether oxygens (including phenoxy) is 1. The standard InChI is InChI=1S/C20H21N3O3/c1-2-25-19(24)14-8-11-23(12-9-14)20-21-10-7-16(22-20)18-13-15-5-3-4-6-17(15)26-18/h3-7,10,13-14H,2,8-9,11-12H2,1H3. The molecule has 1 saturated heterocycles. The average Bonchev–Trinajstić information content (AvgIpc) is 3.13. The fourth-order valence-electron chi connectivity index (χ4n) is 3.32. The Morgan fingerprint density at radius 2 is 2.08 bits per heavy atom. The Bertz CT molecular complexity index is 880. The van der Waals surface area contributed by atoms with Gasteiger partial charge in [0.1, 0.15) is 11.3 Å². The predicted molar refractivity (Wildman–Crippen MR) is 98.8 cm³/mol. The van der Waals surface area contributed by atoms with Gasteiger partial charge in [-0.15, -0.1) is 0 Å². The molecule has 1 aliphatic heterocycles. The molecular weight excluding hydrogens is 330 g/mol. The molecule has 3 aromatic rings. The molecule has 0 aliphatic carbocycles. The number of piperidine rings is 1. The second-order valence-corrected chi connectivity index (χ2v) is 6.40. The number of fused-ring (bicyclic) bond motifs is 1. The van der Waals surface area contributed by atoms with Crippen molar-refractivity contribution in [2.24, 2.45) is 5.92 Å². The summed E-state index contributed by atoms with van der Waals surface area (Å²) in [4.78, 5) is 23.1. The molecule has 134 valence electrons. The van der Waals surface area contributed by atoms with E-state index < -0.39 is 0 Å². The molecule has 0 amide bonds. The summed E-state index contributed by atoms with van der Waals surface area (Å²) in [6.45, 7) is 3.76. The third-order valence-electron chi connectivity index (χ3n) is 4.72. The summed E-state index contributed by atoms with van der Waals surface area (Å²) < 4.78 is 11.0. The van der Waals surface area contributed by atoms with Crippen LogP contribution < -0.4 is 4.90 Å². The summed E-state index contributed by atoms with van der Waals surface area (Å²) in [7, 11) is 0. The molecular formula is C20H21N3O3. The van der Waals surface area contributed by atoms with E-state index >= 15 is 0 Å². The van der Waals surface area contributed by atoms with E-state index in [0.29, 0.717) is 12.6 Å². The van der Waals surface area contributed by atoms with Gasteiger partial charge in [0, 0.05) is 24.7 Å². The fraction of sp³-hybridized carbons (Fsp3) is 0.350. The van der Waals surface area contributed by atoms with E-state index in [-0.39, 0.29) is 11.9 Å². The lowest BCUT2D eigenvalue weighted by atomic mass is 9.97. The van der Waals surface area contributed by atoms with Crippen LogP contribution in [0.25, 0.3) is 22.4 Å². The molecule has 26 heavy (non-hydrogen) atoms. The summed E-state index contributed by atoms with van der Waals surface area (Å²) in [5.74, 6) is 1.29. The number of rotatable bonds is 4. The normalized spacial score (nSPS) is 15.3. The van der Waals surface area contributed by atoms with E-state index in [1.54, 1.807) is 6.20 Å². The van der Waals surface area contributed by atoms with Crippen LogP contribution in [-0.4, -0.2) is 35.6 Å². The van der Waals surface area contributed by atoms with Gasteiger partial charge in [0.15, 0.2) is 5.76 Å². The zero-order valence-corrected chi connectivity index (χ0v) is 14.7. The Hall–Kier alpha value is -2.89. The number of hydrogen-bond acceptors (Lipinski definition) is 6. The zero-order valence-electron chi connectivity index (χ0n) is 14.7. The van der Waals surface area contributed by atoms with Crippen LogP contribution in [-0.2, 0) is 9.53 Å². The van der Waals surface area contributed by atoms with Crippen LogP contribution in [0.4, 0.5) is 5.95 Å². The highest BCUT2D eigenvalue weighted by Gasteiger charge is 2.27. The first-order chi connectivity index (χ1) is 12.7. The molecule has 0 radical (unpaired) electrons. The van der Waals surface area contributed by atoms with Crippen LogP contribution in [0.2, 0.25) is 0 Å². The lowest BCUT2D eigenvalue weighted by Crippen LogP contribution is -2.37. The van der Waals surface area contributed by atoms with E-state index in [1.165, 1.54) is 0 Å². The van der Waals surface area contributed by atoms with E-state index in [1.807, 2.05) is 43.3 Å². The van der Waals surface area contributed by atoms with Gasteiger partial charge in [-0.05, 0) is 38.0 Å². The number of nitrogens with zero attached hydrogens (tertiary/aromatic N) is 3. The molecule has 0 atom stereocenters. The quantitative estimate of drug-likeness (QED) is 0.668. The minimum absolute atomic E-state index is 0.0234. The Kier molecular flexibility index (Phi) is 4.56. The van der Waals surface area contributed by atoms with E-state index in [9.17, 15) is 4.79 Å². The van der Waals surface area contributed by atoms with Crippen LogP contribution in [0.5, 0.6) is 0 Å². The maximum absolute atomic E-state index is 11.9. The van der Waals surface area contributed by atoms with Crippen molar-refractivity contribution in [1.29, 1.82) is 0 Å². The molecule has 1 aliphatic rings. The molecule has 0 saturated carbocycles. The Morgan fingerprint density at radius 1 is 1.27 bits per heavy atom. The minimum Gasteiger partial charge on any atom is -0.466 e. The van der Waals surface area contributed by atoms with Gasteiger partial charge in [-0.2, -0.15) is 0 Å². The first-order valence-corrected chi connectivity index (χ1v) is 8.98. The third kappa shape index (κ3) is 3.27. The van der Waals surface area contributed by atoms with Gasteiger partial charge < -0.3 is 14.1 Å². The van der Waals surface area contributed by atoms with E-state index in [2.05, 4.69) is 14.9 Å². The number of carbonyl (C=O) groups is 1. The van der Waals surface area contributed by atoms with Crippen LogP contribution in [0.3, 0.4) is 0 Å². The maximum atomic E-state index is 11.9. The number of carbonyl (C=O) groups excluding carboxylic acids is 1. The molecule has 1 aromatic carbocycles. The number of para-hydroxylation sites is 1. The monoisotopic (exact) mass is 351 g/mol. The number of anilines is 1. The number of hydrogen-bond donors (Lipinski definition) is 0.